The minimum Gasteiger partial charge on any atom is -0.392 e. The third kappa shape index (κ3) is 2.30. The summed E-state index contributed by atoms with van der Waals surface area (Å²) in [6.45, 7) is 2.03. The van der Waals surface area contributed by atoms with Gasteiger partial charge in [-0.1, -0.05) is 54.1 Å². The van der Waals surface area contributed by atoms with E-state index in [2.05, 4.69) is 23.2 Å². The second kappa shape index (κ2) is 5.62. The minimum absolute atomic E-state index is 0.00273. The Morgan fingerprint density at radius 1 is 1.00 bits per heavy atom. The minimum atomic E-state index is -0.0803. The maximum atomic E-state index is 12.5. The van der Waals surface area contributed by atoms with Crippen molar-refractivity contribution in [3.05, 3.63) is 82.3 Å². The van der Waals surface area contributed by atoms with Crippen molar-refractivity contribution in [3.63, 3.8) is 0 Å². The lowest BCUT2D eigenvalue weighted by Crippen LogP contribution is -2.06. The van der Waals surface area contributed by atoms with Gasteiger partial charge in [-0.2, -0.15) is 0 Å². The van der Waals surface area contributed by atoms with Gasteiger partial charge in [0.1, 0.15) is 0 Å². The average molecular weight is 315 g/mol. The van der Waals surface area contributed by atoms with Gasteiger partial charge in [0.05, 0.1) is 12.0 Å². The lowest BCUT2D eigenvalue weighted by atomic mass is 9.95. The van der Waals surface area contributed by atoms with E-state index in [1.165, 1.54) is 0 Å². The van der Waals surface area contributed by atoms with Crippen LogP contribution in [0.2, 0.25) is 0 Å². The molecule has 1 aromatic heterocycles. The van der Waals surface area contributed by atoms with E-state index in [4.69, 9.17) is 0 Å². The van der Waals surface area contributed by atoms with E-state index in [1.54, 1.807) is 6.20 Å². The second-order valence-electron chi connectivity index (χ2n) is 6.10. The van der Waals surface area contributed by atoms with Crippen molar-refractivity contribution in [2.24, 2.45) is 0 Å². The number of fused-ring (bicyclic) bond motifs is 3. The van der Waals surface area contributed by atoms with Gasteiger partial charge < -0.3 is 10.1 Å². The van der Waals surface area contributed by atoms with Crippen LogP contribution in [0.4, 0.5) is 0 Å². The van der Waals surface area contributed by atoms with Crippen molar-refractivity contribution < 1.29 is 5.11 Å². The molecule has 0 radical (unpaired) electrons. The highest BCUT2D eigenvalue weighted by atomic mass is 16.3. The summed E-state index contributed by atoms with van der Waals surface area (Å²) in [4.78, 5) is 15.4. The normalized spacial score (nSPS) is 11.2. The van der Waals surface area contributed by atoms with Crippen molar-refractivity contribution in [2.45, 2.75) is 13.5 Å². The maximum absolute atomic E-state index is 12.5. The summed E-state index contributed by atoms with van der Waals surface area (Å²) in [6.07, 6.45) is 1.75. The number of aliphatic hydroxyl groups excluding tert-OH is 1. The first kappa shape index (κ1) is 14.7. The zero-order chi connectivity index (χ0) is 16.7. The van der Waals surface area contributed by atoms with Crippen LogP contribution in [0.25, 0.3) is 32.7 Å². The summed E-state index contributed by atoms with van der Waals surface area (Å²) >= 11 is 0. The Hall–Kier alpha value is -2.91. The van der Waals surface area contributed by atoms with Gasteiger partial charge in [0.15, 0.2) is 0 Å². The lowest BCUT2D eigenvalue weighted by Gasteiger charge is -2.10. The van der Waals surface area contributed by atoms with Gasteiger partial charge in [-0.05, 0) is 40.3 Å². The molecule has 2 N–H and O–H groups in total. The van der Waals surface area contributed by atoms with Gasteiger partial charge >= 0.3 is 0 Å². The number of aliphatic hydroxyl groups is 1. The largest absolute Gasteiger partial charge is 0.392 e. The molecule has 4 rings (SSSR count). The number of hydrogen-bond donors (Lipinski definition) is 2. The van der Waals surface area contributed by atoms with Gasteiger partial charge in [0.2, 0.25) is 0 Å². The highest BCUT2D eigenvalue weighted by molar-refractivity contribution is 6.11. The first-order valence-corrected chi connectivity index (χ1v) is 7.92. The predicted octanol–water partition coefficient (Wildman–Crippen LogP) is 4.15. The Balaban J connectivity index is 2.11. The molecule has 118 valence electrons. The van der Waals surface area contributed by atoms with Crippen molar-refractivity contribution >= 4 is 21.5 Å². The summed E-state index contributed by atoms with van der Waals surface area (Å²) in [5.74, 6) is 0. The maximum Gasteiger partial charge on any atom is 0.256 e. The average Bonchev–Trinajstić information content (AvgIpc) is 2.61. The number of nitrogens with one attached hydrogen (secondary N) is 1. The predicted molar refractivity (Wildman–Crippen MR) is 98.2 cm³/mol. The molecule has 0 aliphatic rings. The number of hydrogen-bond acceptors (Lipinski definition) is 2. The standard InChI is InChI=1S/C21H17NO2/c1-13-5-6-15-7-8-17-19(16-4-2-3-14(10-16)12-23)11-22-21(24)20(17)18(15)9-13/h2-11,23H,12H2,1H3,(H,22,24). The van der Waals surface area contributed by atoms with Gasteiger partial charge in [0.25, 0.3) is 5.56 Å². The van der Waals surface area contributed by atoms with Crippen LogP contribution in [-0.2, 0) is 6.61 Å². The molecule has 0 fully saturated rings. The molecule has 0 saturated carbocycles. The number of pyridine rings is 1. The van der Waals surface area contributed by atoms with E-state index in [-0.39, 0.29) is 12.2 Å². The van der Waals surface area contributed by atoms with Crippen LogP contribution in [0.1, 0.15) is 11.1 Å². The van der Waals surface area contributed by atoms with Crippen molar-refractivity contribution in [2.75, 3.05) is 0 Å². The zero-order valence-electron chi connectivity index (χ0n) is 13.3. The van der Waals surface area contributed by atoms with Crippen molar-refractivity contribution in [1.82, 2.24) is 4.98 Å². The molecule has 0 atom stereocenters. The molecule has 3 aromatic carbocycles. The Bertz CT molecular complexity index is 1130. The number of benzene rings is 3. The molecular weight excluding hydrogens is 298 g/mol. The van der Waals surface area contributed by atoms with Gasteiger partial charge in [-0.15, -0.1) is 0 Å². The summed E-state index contributed by atoms with van der Waals surface area (Å²) in [5.41, 5.74) is 3.84. The second-order valence-corrected chi connectivity index (χ2v) is 6.10. The molecule has 3 nitrogen and oxygen atoms in total. The number of aromatic amines is 1. The van der Waals surface area contributed by atoms with E-state index in [0.717, 1.165) is 38.4 Å². The fraction of sp³-hybridized carbons (Fsp3) is 0.0952. The van der Waals surface area contributed by atoms with Crippen LogP contribution in [0.5, 0.6) is 0 Å². The van der Waals surface area contributed by atoms with Gasteiger partial charge in [0, 0.05) is 11.8 Å². The molecule has 0 saturated heterocycles. The van der Waals surface area contributed by atoms with Crippen LogP contribution < -0.4 is 5.56 Å². The quantitative estimate of drug-likeness (QED) is 0.546. The topological polar surface area (TPSA) is 53.1 Å². The van der Waals surface area contributed by atoms with Crippen molar-refractivity contribution in [1.29, 1.82) is 0 Å². The summed E-state index contributed by atoms with van der Waals surface area (Å²) in [7, 11) is 0. The van der Waals surface area contributed by atoms with Crippen LogP contribution in [-0.4, -0.2) is 10.1 Å². The third-order valence-electron chi connectivity index (χ3n) is 4.46. The third-order valence-corrected chi connectivity index (χ3v) is 4.46. The lowest BCUT2D eigenvalue weighted by molar-refractivity contribution is 0.282. The summed E-state index contributed by atoms with van der Waals surface area (Å²) in [6, 6.07) is 18.0. The fourth-order valence-electron chi connectivity index (χ4n) is 3.27. The van der Waals surface area contributed by atoms with Crippen LogP contribution >= 0.6 is 0 Å². The smallest absolute Gasteiger partial charge is 0.256 e. The van der Waals surface area contributed by atoms with E-state index < -0.39 is 0 Å². The molecule has 0 spiro atoms. The fourth-order valence-corrected chi connectivity index (χ4v) is 3.27. The highest BCUT2D eigenvalue weighted by Gasteiger charge is 2.10. The molecule has 0 aliphatic heterocycles. The molecule has 1 heterocycles. The summed E-state index contributed by atoms with van der Waals surface area (Å²) in [5, 5.41) is 13.0. The SMILES string of the molecule is Cc1ccc2ccc3c(-c4cccc(CO)c4)c[nH]c(=O)c3c2c1. The molecule has 0 amide bonds. The molecule has 0 aliphatic carbocycles. The van der Waals surface area contributed by atoms with Gasteiger partial charge in [-0.3, -0.25) is 4.79 Å². The molecule has 4 aromatic rings. The Morgan fingerprint density at radius 3 is 2.67 bits per heavy atom. The van der Waals surface area contributed by atoms with Gasteiger partial charge in [-0.25, -0.2) is 0 Å². The molecule has 24 heavy (non-hydrogen) atoms. The van der Waals surface area contributed by atoms with Crippen molar-refractivity contribution in [3.8, 4) is 11.1 Å². The van der Waals surface area contributed by atoms with E-state index in [0.29, 0.717) is 5.39 Å². The van der Waals surface area contributed by atoms with E-state index in [9.17, 15) is 9.90 Å². The number of rotatable bonds is 2. The first-order valence-electron chi connectivity index (χ1n) is 7.92. The number of H-pyrrole nitrogens is 1. The number of aryl methyl sites for hydroxylation is 1. The Kier molecular flexibility index (Phi) is 3.44. The molecule has 0 unspecified atom stereocenters. The van der Waals surface area contributed by atoms with E-state index >= 15 is 0 Å². The number of aromatic nitrogens is 1. The zero-order valence-corrected chi connectivity index (χ0v) is 13.3. The monoisotopic (exact) mass is 315 g/mol. The van der Waals surface area contributed by atoms with Crippen LogP contribution in [0.15, 0.2) is 65.6 Å². The molecule has 3 heteroatoms. The molecule has 0 bridgehead atoms. The Labute approximate surface area is 139 Å². The molecular formula is C21H17NO2. The van der Waals surface area contributed by atoms with E-state index in [1.807, 2.05) is 43.3 Å². The summed E-state index contributed by atoms with van der Waals surface area (Å²) < 4.78 is 0. The highest BCUT2D eigenvalue weighted by Crippen LogP contribution is 2.31. The first-order chi connectivity index (χ1) is 11.7. The Morgan fingerprint density at radius 2 is 1.83 bits per heavy atom. The van der Waals surface area contributed by atoms with Crippen LogP contribution in [0, 0.1) is 6.92 Å². The van der Waals surface area contributed by atoms with Crippen LogP contribution in [0.3, 0.4) is 0 Å².